The van der Waals surface area contributed by atoms with Crippen molar-refractivity contribution in [3.63, 3.8) is 0 Å². The number of nitrogens with zero attached hydrogens (tertiary/aromatic N) is 1. The Morgan fingerprint density at radius 3 is 2.65 bits per heavy atom. The molecule has 2 N–H and O–H groups in total. The molecule has 5 heteroatoms. The number of amides is 1. The van der Waals surface area contributed by atoms with Gasteiger partial charge in [-0.1, -0.05) is 41.9 Å². The molecule has 3 aromatic rings. The Bertz CT molecular complexity index is 897. The van der Waals surface area contributed by atoms with Crippen LogP contribution in [0.4, 0.5) is 11.4 Å². The Hall–Kier alpha value is -2.85. The van der Waals surface area contributed by atoms with Gasteiger partial charge in [-0.2, -0.15) is 0 Å². The number of pyridine rings is 1. The van der Waals surface area contributed by atoms with Crippen LogP contribution in [0.3, 0.4) is 0 Å². The highest BCUT2D eigenvalue weighted by atomic mass is 35.5. The average molecular weight is 366 g/mol. The molecule has 1 amide bonds. The second kappa shape index (κ2) is 8.50. The van der Waals surface area contributed by atoms with Crippen molar-refractivity contribution in [2.24, 2.45) is 0 Å². The minimum absolute atomic E-state index is 0.199. The number of hydrogen-bond acceptors (Lipinski definition) is 3. The minimum Gasteiger partial charge on any atom is -0.383 e. The number of anilines is 2. The maximum Gasteiger partial charge on any atom is 0.257 e. The highest BCUT2D eigenvalue weighted by molar-refractivity contribution is 6.30. The van der Waals surface area contributed by atoms with Gasteiger partial charge in [-0.3, -0.25) is 9.78 Å². The normalized spacial score (nSPS) is 10.4. The first-order valence-corrected chi connectivity index (χ1v) is 8.80. The van der Waals surface area contributed by atoms with E-state index in [0.29, 0.717) is 10.6 Å². The fourth-order valence-electron chi connectivity index (χ4n) is 2.62. The maximum absolute atomic E-state index is 12.5. The molecular weight excluding hydrogens is 346 g/mol. The van der Waals surface area contributed by atoms with Gasteiger partial charge in [0, 0.05) is 29.6 Å². The number of nitrogens with one attached hydrogen (secondary N) is 2. The second-order valence-electron chi connectivity index (χ2n) is 6.04. The van der Waals surface area contributed by atoms with Gasteiger partial charge in [-0.15, -0.1) is 0 Å². The molecule has 0 bridgehead atoms. The standard InChI is InChI=1S/C21H20ClN3O/c1-15-11-18(22)7-8-20(15)25-21(26)17-12-19(14-23-13-17)24-10-9-16-5-3-2-4-6-16/h2-8,11-14,24H,9-10H2,1H3,(H,25,26). The van der Waals surface area contributed by atoms with Crippen molar-refractivity contribution in [2.45, 2.75) is 13.3 Å². The van der Waals surface area contributed by atoms with Gasteiger partial charge >= 0.3 is 0 Å². The third kappa shape index (κ3) is 4.83. The van der Waals surface area contributed by atoms with Crippen LogP contribution in [0.5, 0.6) is 0 Å². The third-order valence-electron chi connectivity index (χ3n) is 4.02. The summed E-state index contributed by atoms with van der Waals surface area (Å²) in [5.74, 6) is -0.199. The van der Waals surface area contributed by atoms with Gasteiger partial charge in [0.05, 0.1) is 11.3 Å². The van der Waals surface area contributed by atoms with Crippen LogP contribution in [-0.2, 0) is 6.42 Å². The Morgan fingerprint density at radius 1 is 1.08 bits per heavy atom. The molecule has 4 nitrogen and oxygen atoms in total. The van der Waals surface area contributed by atoms with Crippen LogP contribution in [0, 0.1) is 6.92 Å². The van der Waals surface area contributed by atoms with Crippen molar-refractivity contribution in [1.82, 2.24) is 4.98 Å². The zero-order valence-electron chi connectivity index (χ0n) is 14.5. The van der Waals surface area contributed by atoms with Crippen LogP contribution >= 0.6 is 11.6 Å². The number of carbonyl (C=O) groups is 1. The summed E-state index contributed by atoms with van der Waals surface area (Å²) in [6.07, 6.45) is 4.18. The maximum atomic E-state index is 12.5. The molecule has 1 aromatic heterocycles. The van der Waals surface area contributed by atoms with Crippen LogP contribution < -0.4 is 10.6 Å². The molecule has 2 aromatic carbocycles. The third-order valence-corrected chi connectivity index (χ3v) is 4.26. The lowest BCUT2D eigenvalue weighted by atomic mass is 10.1. The van der Waals surface area contributed by atoms with E-state index in [1.807, 2.05) is 31.2 Å². The largest absolute Gasteiger partial charge is 0.383 e. The number of rotatable bonds is 6. The quantitative estimate of drug-likeness (QED) is 0.649. The number of aryl methyl sites for hydroxylation is 1. The molecule has 0 unspecified atom stereocenters. The zero-order chi connectivity index (χ0) is 18.4. The fourth-order valence-corrected chi connectivity index (χ4v) is 2.85. The first-order chi connectivity index (χ1) is 12.6. The van der Waals surface area contributed by atoms with Crippen LogP contribution in [0.1, 0.15) is 21.5 Å². The lowest BCUT2D eigenvalue weighted by Crippen LogP contribution is -2.14. The lowest BCUT2D eigenvalue weighted by molar-refractivity contribution is 0.102. The number of halogens is 1. The highest BCUT2D eigenvalue weighted by Crippen LogP contribution is 2.20. The Balaban J connectivity index is 1.61. The van der Waals surface area contributed by atoms with Crippen LogP contribution in [-0.4, -0.2) is 17.4 Å². The van der Waals surface area contributed by atoms with Crippen molar-refractivity contribution in [1.29, 1.82) is 0 Å². The Morgan fingerprint density at radius 2 is 1.88 bits per heavy atom. The van der Waals surface area contributed by atoms with Crippen LogP contribution in [0.15, 0.2) is 67.0 Å². The summed E-state index contributed by atoms with van der Waals surface area (Å²) < 4.78 is 0. The second-order valence-corrected chi connectivity index (χ2v) is 6.47. The Labute approximate surface area is 158 Å². The van der Waals surface area contributed by atoms with Crippen molar-refractivity contribution in [2.75, 3.05) is 17.2 Å². The molecule has 0 atom stereocenters. The van der Waals surface area contributed by atoms with E-state index in [4.69, 9.17) is 11.6 Å². The van der Waals surface area contributed by atoms with Gasteiger partial charge < -0.3 is 10.6 Å². The van der Waals surface area contributed by atoms with Gasteiger partial charge in [0.2, 0.25) is 0 Å². The van der Waals surface area contributed by atoms with E-state index in [0.717, 1.165) is 29.9 Å². The van der Waals surface area contributed by atoms with Crippen LogP contribution in [0.2, 0.25) is 5.02 Å². The molecule has 1 heterocycles. The molecule has 0 aliphatic rings. The number of benzene rings is 2. The van der Waals surface area contributed by atoms with Crippen molar-refractivity contribution in [3.05, 3.63) is 88.7 Å². The van der Waals surface area contributed by atoms with Gasteiger partial charge in [-0.25, -0.2) is 0 Å². The van der Waals surface area contributed by atoms with E-state index in [-0.39, 0.29) is 5.91 Å². The van der Waals surface area contributed by atoms with Crippen LogP contribution in [0.25, 0.3) is 0 Å². The number of hydrogen-bond donors (Lipinski definition) is 2. The van der Waals surface area contributed by atoms with E-state index in [9.17, 15) is 4.79 Å². The summed E-state index contributed by atoms with van der Waals surface area (Å²) >= 11 is 5.95. The molecule has 0 aliphatic heterocycles. The summed E-state index contributed by atoms with van der Waals surface area (Å²) in [5, 5.41) is 6.85. The topological polar surface area (TPSA) is 54.0 Å². The zero-order valence-corrected chi connectivity index (χ0v) is 15.3. The molecule has 0 aliphatic carbocycles. The summed E-state index contributed by atoms with van der Waals surface area (Å²) in [6.45, 7) is 2.67. The monoisotopic (exact) mass is 365 g/mol. The predicted octanol–water partition coefficient (Wildman–Crippen LogP) is 4.95. The molecule has 132 valence electrons. The van der Waals surface area contributed by atoms with Gasteiger partial charge in [0.25, 0.3) is 5.91 Å². The summed E-state index contributed by atoms with van der Waals surface area (Å²) in [4.78, 5) is 16.7. The molecule has 0 saturated heterocycles. The number of carbonyl (C=O) groups excluding carboxylic acids is 1. The average Bonchev–Trinajstić information content (AvgIpc) is 2.65. The molecule has 0 radical (unpaired) electrons. The minimum atomic E-state index is -0.199. The van der Waals surface area contributed by atoms with E-state index in [1.54, 1.807) is 30.6 Å². The van der Waals surface area contributed by atoms with Crippen molar-refractivity contribution >= 4 is 28.9 Å². The Kier molecular flexibility index (Phi) is 5.87. The van der Waals surface area contributed by atoms with E-state index >= 15 is 0 Å². The van der Waals surface area contributed by atoms with Crippen molar-refractivity contribution < 1.29 is 4.79 Å². The van der Waals surface area contributed by atoms with Gasteiger partial charge in [0.1, 0.15) is 0 Å². The van der Waals surface area contributed by atoms with E-state index in [1.165, 1.54) is 5.56 Å². The molecule has 3 rings (SSSR count). The van der Waals surface area contributed by atoms with Gasteiger partial charge in [-0.05, 0) is 48.7 Å². The number of aromatic nitrogens is 1. The van der Waals surface area contributed by atoms with Crippen molar-refractivity contribution in [3.8, 4) is 0 Å². The van der Waals surface area contributed by atoms with E-state index in [2.05, 4.69) is 27.8 Å². The molecule has 0 fully saturated rings. The predicted molar refractivity (Wildman–Crippen MR) is 107 cm³/mol. The molecule has 0 saturated carbocycles. The molecule has 26 heavy (non-hydrogen) atoms. The molecule has 0 spiro atoms. The lowest BCUT2D eigenvalue weighted by Gasteiger charge is -2.10. The fraction of sp³-hybridized carbons (Fsp3) is 0.143. The molecular formula is C21H20ClN3O. The smallest absolute Gasteiger partial charge is 0.257 e. The van der Waals surface area contributed by atoms with Gasteiger partial charge in [0.15, 0.2) is 0 Å². The summed E-state index contributed by atoms with van der Waals surface area (Å²) in [5.41, 5.74) is 4.24. The first-order valence-electron chi connectivity index (χ1n) is 8.42. The SMILES string of the molecule is Cc1cc(Cl)ccc1NC(=O)c1cncc(NCCc2ccccc2)c1. The van der Waals surface area contributed by atoms with E-state index < -0.39 is 0 Å². The first kappa shape index (κ1) is 18.0. The summed E-state index contributed by atoms with van der Waals surface area (Å²) in [7, 11) is 0. The summed E-state index contributed by atoms with van der Waals surface area (Å²) in [6, 6.07) is 17.4. The highest BCUT2D eigenvalue weighted by Gasteiger charge is 2.09.